The SMILES string of the molecule is CN(C)S(=O)(=O)c1cc(NC(=O)C[NH+](C)Cc2ccco2)ccc1Cl. The van der Waals surface area contributed by atoms with Gasteiger partial charge in [0.05, 0.1) is 18.3 Å². The summed E-state index contributed by atoms with van der Waals surface area (Å²) in [6.07, 6.45) is 1.59. The Labute approximate surface area is 152 Å². The second-order valence-electron chi connectivity index (χ2n) is 5.87. The van der Waals surface area contributed by atoms with Gasteiger partial charge in [0.25, 0.3) is 5.91 Å². The van der Waals surface area contributed by atoms with Crippen molar-refractivity contribution in [2.24, 2.45) is 0 Å². The molecule has 1 amide bonds. The first-order valence-corrected chi connectivity index (χ1v) is 9.37. The molecule has 2 aromatic rings. The van der Waals surface area contributed by atoms with E-state index in [1.54, 1.807) is 18.4 Å². The third-order valence-corrected chi connectivity index (χ3v) is 5.79. The summed E-state index contributed by atoms with van der Waals surface area (Å²) in [7, 11) is 1.02. The maximum absolute atomic E-state index is 12.3. The Morgan fingerprint density at radius 3 is 2.64 bits per heavy atom. The molecule has 0 saturated heterocycles. The monoisotopic (exact) mass is 386 g/mol. The van der Waals surface area contributed by atoms with Crippen LogP contribution in [0.15, 0.2) is 45.9 Å². The van der Waals surface area contributed by atoms with Crippen molar-refractivity contribution in [2.45, 2.75) is 11.4 Å². The van der Waals surface area contributed by atoms with E-state index >= 15 is 0 Å². The van der Waals surface area contributed by atoms with Crippen molar-refractivity contribution < 1.29 is 22.5 Å². The average molecular weight is 387 g/mol. The molecule has 0 aliphatic heterocycles. The number of nitrogens with one attached hydrogen (secondary N) is 2. The van der Waals surface area contributed by atoms with Crippen LogP contribution in [0.1, 0.15) is 5.76 Å². The molecular formula is C16H21ClN3O4S+. The van der Waals surface area contributed by atoms with Crippen molar-refractivity contribution in [3.8, 4) is 0 Å². The number of rotatable bonds is 7. The summed E-state index contributed by atoms with van der Waals surface area (Å²) in [5.41, 5.74) is 0.376. The van der Waals surface area contributed by atoms with Crippen LogP contribution >= 0.6 is 11.6 Å². The Bertz CT molecular complexity index is 835. The number of sulfonamides is 1. The van der Waals surface area contributed by atoms with Crippen LogP contribution in [0.3, 0.4) is 0 Å². The van der Waals surface area contributed by atoms with Gasteiger partial charge in [-0.15, -0.1) is 0 Å². The quantitative estimate of drug-likeness (QED) is 0.738. The van der Waals surface area contributed by atoms with Crippen LogP contribution in [-0.4, -0.2) is 46.3 Å². The molecule has 1 atom stereocenters. The van der Waals surface area contributed by atoms with Crippen molar-refractivity contribution in [3.63, 3.8) is 0 Å². The predicted molar refractivity (Wildman–Crippen MR) is 95.1 cm³/mol. The molecular weight excluding hydrogens is 366 g/mol. The minimum atomic E-state index is -3.69. The number of likely N-dealkylation sites (N-methyl/N-ethyl adjacent to an activating group) is 1. The number of benzene rings is 1. The number of quaternary nitrogens is 1. The van der Waals surface area contributed by atoms with E-state index in [9.17, 15) is 13.2 Å². The fourth-order valence-corrected chi connectivity index (χ4v) is 3.62. The third kappa shape index (κ3) is 5.05. The van der Waals surface area contributed by atoms with Gasteiger partial charge in [-0.3, -0.25) is 4.79 Å². The second-order valence-corrected chi connectivity index (χ2v) is 8.40. The standard InChI is InChI=1S/C16H20ClN3O4S/c1-19(2)25(22,23)15-9-12(6-7-14(15)17)18-16(21)11-20(3)10-13-5-4-8-24-13/h4-9H,10-11H2,1-3H3,(H,18,21)/p+1. The highest BCUT2D eigenvalue weighted by atomic mass is 35.5. The fraction of sp³-hybridized carbons (Fsp3) is 0.312. The molecule has 0 saturated carbocycles. The van der Waals surface area contributed by atoms with E-state index < -0.39 is 10.0 Å². The molecule has 9 heteroatoms. The summed E-state index contributed by atoms with van der Waals surface area (Å²) in [6.45, 7) is 0.778. The zero-order valence-electron chi connectivity index (χ0n) is 14.2. The summed E-state index contributed by atoms with van der Waals surface area (Å²) < 4.78 is 30.8. The number of carbonyl (C=O) groups is 1. The van der Waals surface area contributed by atoms with Crippen molar-refractivity contribution >= 4 is 33.2 Å². The van der Waals surface area contributed by atoms with Crippen molar-refractivity contribution in [1.29, 1.82) is 0 Å². The molecule has 136 valence electrons. The van der Waals surface area contributed by atoms with Gasteiger partial charge in [-0.25, -0.2) is 12.7 Å². The van der Waals surface area contributed by atoms with E-state index in [2.05, 4.69) is 5.32 Å². The highest BCUT2D eigenvalue weighted by Crippen LogP contribution is 2.26. The van der Waals surface area contributed by atoms with Crippen molar-refractivity contribution in [1.82, 2.24) is 4.31 Å². The van der Waals surface area contributed by atoms with E-state index in [0.717, 1.165) is 15.0 Å². The Hall–Kier alpha value is -1.87. The molecule has 2 rings (SSSR count). The normalized spacial score (nSPS) is 13.0. The number of halogens is 1. The number of anilines is 1. The molecule has 7 nitrogen and oxygen atoms in total. The van der Waals surface area contributed by atoms with Crippen LogP contribution in [-0.2, 0) is 21.4 Å². The van der Waals surface area contributed by atoms with Gasteiger partial charge in [0, 0.05) is 19.8 Å². The second kappa shape index (κ2) is 8.01. The molecule has 0 spiro atoms. The summed E-state index contributed by atoms with van der Waals surface area (Å²) in [6, 6.07) is 8.02. The predicted octanol–water partition coefficient (Wildman–Crippen LogP) is 0.837. The van der Waals surface area contributed by atoms with Crippen LogP contribution < -0.4 is 10.2 Å². The molecule has 1 heterocycles. The number of nitrogens with zero attached hydrogens (tertiary/aromatic N) is 1. The van der Waals surface area contributed by atoms with E-state index in [1.807, 2.05) is 13.1 Å². The minimum absolute atomic E-state index is 0.0479. The first-order valence-electron chi connectivity index (χ1n) is 7.55. The van der Waals surface area contributed by atoms with Crippen LogP contribution in [0.5, 0.6) is 0 Å². The topological polar surface area (TPSA) is 84.1 Å². The lowest BCUT2D eigenvalue weighted by Crippen LogP contribution is -3.08. The smallest absolute Gasteiger partial charge is 0.279 e. The van der Waals surface area contributed by atoms with Crippen LogP contribution in [0.25, 0.3) is 0 Å². The zero-order valence-corrected chi connectivity index (χ0v) is 15.8. The maximum Gasteiger partial charge on any atom is 0.279 e. The van der Waals surface area contributed by atoms with Gasteiger partial charge in [-0.1, -0.05) is 11.6 Å². The number of carbonyl (C=O) groups excluding carboxylic acids is 1. The van der Waals surface area contributed by atoms with Gasteiger partial charge in [-0.2, -0.15) is 0 Å². The van der Waals surface area contributed by atoms with Crippen molar-refractivity contribution in [3.05, 3.63) is 47.4 Å². The molecule has 1 aromatic carbocycles. The molecule has 1 unspecified atom stereocenters. The van der Waals surface area contributed by atoms with E-state index in [1.165, 1.54) is 26.2 Å². The van der Waals surface area contributed by atoms with Gasteiger partial charge in [0.15, 0.2) is 12.3 Å². The number of furan rings is 1. The van der Waals surface area contributed by atoms with Gasteiger partial charge < -0.3 is 14.6 Å². The maximum atomic E-state index is 12.3. The lowest BCUT2D eigenvalue weighted by molar-refractivity contribution is -0.886. The highest BCUT2D eigenvalue weighted by molar-refractivity contribution is 7.89. The molecule has 0 radical (unpaired) electrons. The Balaban J connectivity index is 2.06. The lowest BCUT2D eigenvalue weighted by atomic mass is 10.3. The molecule has 1 aromatic heterocycles. The molecule has 25 heavy (non-hydrogen) atoms. The van der Waals surface area contributed by atoms with Gasteiger partial charge in [0.2, 0.25) is 10.0 Å². The molecule has 0 aliphatic rings. The highest BCUT2D eigenvalue weighted by Gasteiger charge is 2.22. The zero-order chi connectivity index (χ0) is 18.6. The van der Waals surface area contributed by atoms with Crippen molar-refractivity contribution in [2.75, 3.05) is 33.0 Å². The average Bonchev–Trinajstić information content (AvgIpc) is 3.01. The summed E-state index contributed by atoms with van der Waals surface area (Å²) >= 11 is 5.99. The number of hydrogen-bond acceptors (Lipinski definition) is 4. The number of hydrogen-bond donors (Lipinski definition) is 2. The van der Waals surface area contributed by atoms with Crippen LogP contribution in [0, 0.1) is 0 Å². The van der Waals surface area contributed by atoms with E-state index in [0.29, 0.717) is 12.2 Å². The Morgan fingerprint density at radius 1 is 1.32 bits per heavy atom. The summed E-state index contributed by atoms with van der Waals surface area (Å²) in [5.74, 6) is 0.552. The number of amides is 1. The lowest BCUT2D eigenvalue weighted by Gasteiger charge is -2.15. The van der Waals surface area contributed by atoms with Gasteiger partial charge >= 0.3 is 0 Å². The molecule has 2 N–H and O–H groups in total. The summed E-state index contributed by atoms with van der Waals surface area (Å²) in [4.78, 5) is 13.1. The largest absolute Gasteiger partial charge is 0.463 e. The Morgan fingerprint density at radius 2 is 2.04 bits per heavy atom. The Kier molecular flexibility index (Phi) is 6.23. The minimum Gasteiger partial charge on any atom is -0.463 e. The van der Waals surface area contributed by atoms with E-state index in [4.69, 9.17) is 16.0 Å². The first kappa shape index (κ1) is 19.5. The first-order chi connectivity index (χ1) is 11.7. The molecule has 0 aliphatic carbocycles. The van der Waals surface area contributed by atoms with Gasteiger partial charge in [0.1, 0.15) is 11.4 Å². The van der Waals surface area contributed by atoms with Crippen LogP contribution in [0.4, 0.5) is 5.69 Å². The molecule has 0 fully saturated rings. The van der Waals surface area contributed by atoms with Gasteiger partial charge in [-0.05, 0) is 30.3 Å². The van der Waals surface area contributed by atoms with E-state index in [-0.39, 0.29) is 22.4 Å². The third-order valence-electron chi connectivity index (χ3n) is 3.49. The summed E-state index contributed by atoms with van der Waals surface area (Å²) in [5, 5.41) is 2.80. The van der Waals surface area contributed by atoms with Crippen LogP contribution in [0.2, 0.25) is 5.02 Å². The molecule has 0 bridgehead atoms. The fourth-order valence-electron chi connectivity index (χ4n) is 2.23.